The van der Waals surface area contributed by atoms with E-state index in [4.69, 9.17) is 11.6 Å². The monoisotopic (exact) mass is 348 g/mol. The molecule has 2 amide bonds. The summed E-state index contributed by atoms with van der Waals surface area (Å²) >= 11 is 5.79. The van der Waals surface area contributed by atoms with Crippen molar-refractivity contribution in [2.24, 2.45) is 5.41 Å². The van der Waals surface area contributed by atoms with Gasteiger partial charge in [0, 0.05) is 22.8 Å². The van der Waals surface area contributed by atoms with Crippen LogP contribution < -0.4 is 10.6 Å². The molecule has 0 bridgehead atoms. The van der Waals surface area contributed by atoms with E-state index < -0.39 is 23.0 Å². The molecule has 0 spiro atoms. The summed E-state index contributed by atoms with van der Waals surface area (Å²) in [6, 6.07) is 12.7. The van der Waals surface area contributed by atoms with Crippen molar-refractivity contribution in [1.82, 2.24) is 5.32 Å². The SMILES string of the molecule is CC(C)(C(=O)NCc1ccccc1F)C(=O)Nc1ccc(Cl)cc1. The van der Waals surface area contributed by atoms with E-state index in [1.54, 1.807) is 42.5 Å². The third-order valence-electron chi connectivity index (χ3n) is 3.63. The largest absolute Gasteiger partial charge is 0.351 e. The van der Waals surface area contributed by atoms with Crippen LogP contribution in [-0.4, -0.2) is 11.8 Å². The Bertz CT molecular complexity index is 745. The van der Waals surface area contributed by atoms with Gasteiger partial charge < -0.3 is 10.6 Å². The van der Waals surface area contributed by atoms with E-state index in [0.717, 1.165) is 0 Å². The van der Waals surface area contributed by atoms with E-state index in [9.17, 15) is 14.0 Å². The molecule has 4 nitrogen and oxygen atoms in total. The minimum Gasteiger partial charge on any atom is -0.351 e. The molecule has 6 heteroatoms. The van der Waals surface area contributed by atoms with E-state index in [2.05, 4.69) is 10.6 Å². The molecule has 0 radical (unpaired) electrons. The van der Waals surface area contributed by atoms with Gasteiger partial charge in [0.2, 0.25) is 11.8 Å². The molecule has 0 heterocycles. The number of carbonyl (C=O) groups excluding carboxylic acids is 2. The molecule has 0 aliphatic heterocycles. The van der Waals surface area contributed by atoms with E-state index >= 15 is 0 Å². The predicted molar refractivity (Wildman–Crippen MR) is 92.1 cm³/mol. The number of benzene rings is 2. The summed E-state index contributed by atoms with van der Waals surface area (Å²) in [7, 11) is 0. The molecule has 0 unspecified atom stereocenters. The summed E-state index contributed by atoms with van der Waals surface area (Å²) in [6.45, 7) is 3.03. The highest BCUT2D eigenvalue weighted by Gasteiger charge is 2.36. The zero-order valence-electron chi connectivity index (χ0n) is 13.4. The Morgan fingerprint density at radius 2 is 1.67 bits per heavy atom. The van der Waals surface area contributed by atoms with Crippen LogP contribution in [0.15, 0.2) is 48.5 Å². The Kier molecular flexibility index (Phi) is 5.57. The van der Waals surface area contributed by atoms with Crippen molar-refractivity contribution in [3.05, 3.63) is 64.9 Å². The van der Waals surface area contributed by atoms with Gasteiger partial charge in [0.1, 0.15) is 11.2 Å². The van der Waals surface area contributed by atoms with Gasteiger partial charge in [-0.2, -0.15) is 0 Å². The molecule has 2 aromatic carbocycles. The van der Waals surface area contributed by atoms with Crippen molar-refractivity contribution in [1.29, 1.82) is 0 Å². The second kappa shape index (κ2) is 7.45. The van der Waals surface area contributed by atoms with Crippen molar-refractivity contribution in [2.45, 2.75) is 20.4 Å². The fourth-order valence-corrected chi connectivity index (χ4v) is 2.09. The van der Waals surface area contributed by atoms with E-state index in [1.807, 2.05) is 0 Å². The molecule has 0 fully saturated rings. The Morgan fingerprint density at radius 1 is 1.04 bits per heavy atom. The van der Waals surface area contributed by atoms with Crippen molar-refractivity contribution in [2.75, 3.05) is 5.32 Å². The molecule has 0 saturated heterocycles. The third kappa shape index (κ3) is 4.32. The molecule has 0 aliphatic carbocycles. The first kappa shape index (κ1) is 17.9. The highest BCUT2D eigenvalue weighted by molar-refractivity contribution is 6.30. The minimum atomic E-state index is -1.31. The van der Waals surface area contributed by atoms with Crippen molar-refractivity contribution in [3.63, 3.8) is 0 Å². The lowest BCUT2D eigenvalue weighted by Gasteiger charge is -2.23. The fourth-order valence-electron chi connectivity index (χ4n) is 1.96. The normalized spacial score (nSPS) is 11.0. The third-order valence-corrected chi connectivity index (χ3v) is 3.89. The lowest BCUT2D eigenvalue weighted by Crippen LogP contribution is -2.44. The Morgan fingerprint density at radius 3 is 2.29 bits per heavy atom. The number of carbonyl (C=O) groups is 2. The molecule has 2 aromatic rings. The maximum Gasteiger partial charge on any atom is 0.239 e. The average Bonchev–Trinajstić information content (AvgIpc) is 2.55. The van der Waals surface area contributed by atoms with Crippen LogP contribution in [0.4, 0.5) is 10.1 Å². The standard InChI is InChI=1S/C18H18ClFN2O2/c1-18(2,17(24)22-14-9-7-13(19)8-10-14)16(23)21-11-12-5-3-4-6-15(12)20/h3-10H,11H2,1-2H3,(H,21,23)(H,22,24). The quantitative estimate of drug-likeness (QED) is 0.808. The molecular formula is C18H18ClFN2O2. The summed E-state index contributed by atoms with van der Waals surface area (Å²) in [6.07, 6.45) is 0. The first-order valence-corrected chi connectivity index (χ1v) is 7.77. The summed E-state index contributed by atoms with van der Waals surface area (Å²) in [5.41, 5.74) is -0.413. The van der Waals surface area contributed by atoms with Gasteiger partial charge in [0.15, 0.2) is 0 Å². The molecule has 126 valence electrons. The number of halogens is 2. The smallest absolute Gasteiger partial charge is 0.239 e. The molecular weight excluding hydrogens is 331 g/mol. The van der Waals surface area contributed by atoms with E-state index in [0.29, 0.717) is 16.3 Å². The fraction of sp³-hybridized carbons (Fsp3) is 0.222. The van der Waals surface area contributed by atoms with Gasteiger partial charge in [-0.3, -0.25) is 9.59 Å². The van der Waals surface area contributed by atoms with Crippen LogP contribution in [0.3, 0.4) is 0 Å². The zero-order chi connectivity index (χ0) is 17.7. The second-order valence-corrected chi connectivity index (χ2v) is 6.30. The van der Waals surface area contributed by atoms with Gasteiger partial charge in [-0.25, -0.2) is 4.39 Å². The Balaban J connectivity index is 1.99. The van der Waals surface area contributed by atoms with Crippen molar-refractivity contribution < 1.29 is 14.0 Å². The maximum atomic E-state index is 13.6. The van der Waals surface area contributed by atoms with E-state index in [1.165, 1.54) is 19.9 Å². The van der Waals surface area contributed by atoms with Crippen LogP contribution in [-0.2, 0) is 16.1 Å². The minimum absolute atomic E-state index is 0.0170. The highest BCUT2D eigenvalue weighted by atomic mass is 35.5. The summed E-state index contributed by atoms with van der Waals surface area (Å²) in [4.78, 5) is 24.7. The molecule has 2 N–H and O–H groups in total. The number of anilines is 1. The number of hydrogen-bond acceptors (Lipinski definition) is 2. The van der Waals surface area contributed by atoms with Gasteiger partial charge >= 0.3 is 0 Å². The summed E-state index contributed by atoms with van der Waals surface area (Å²) in [5, 5.41) is 5.81. The first-order valence-electron chi connectivity index (χ1n) is 7.39. The molecule has 2 rings (SSSR count). The molecule has 24 heavy (non-hydrogen) atoms. The zero-order valence-corrected chi connectivity index (χ0v) is 14.2. The van der Waals surface area contributed by atoms with Crippen molar-refractivity contribution >= 4 is 29.1 Å². The number of hydrogen-bond donors (Lipinski definition) is 2. The van der Waals surface area contributed by atoms with Gasteiger partial charge in [-0.15, -0.1) is 0 Å². The average molecular weight is 349 g/mol. The second-order valence-electron chi connectivity index (χ2n) is 5.86. The van der Waals surface area contributed by atoms with Crippen molar-refractivity contribution in [3.8, 4) is 0 Å². The first-order chi connectivity index (χ1) is 11.3. The Labute approximate surface area is 145 Å². The Hall–Kier alpha value is -2.40. The van der Waals surface area contributed by atoms with Gasteiger partial charge in [0.05, 0.1) is 0 Å². The summed E-state index contributed by atoms with van der Waals surface area (Å²) < 4.78 is 13.6. The molecule has 0 atom stereocenters. The summed E-state index contributed by atoms with van der Waals surface area (Å²) in [5.74, 6) is -1.35. The van der Waals surface area contributed by atoms with Crippen LogP contribution in [0.5, 0.6) is 0 Å². The highest BCUT2D eigenvalue weighted by Crippen LogP contribution is 2.20. The molecule has 0 saturated carbocycles. The number of rotatable bonds is 5. The van der Waals surface area contributed by atoms with Gasteiger partial charge in [0.25, 0.3) is 0 Å². The van der Waals surface area contributed by atoms with Crippen LogP contribution in [0, 0.1) is 11.2 Å². The lowest BCUT2D eigenvalue weighted by molar-refractivity contribution is -0.138. The van der Waals surface area contributed by atoms with E-state index in [-0.39, 0.29) is 6.54 Å². The molecule has 0 aromatic heterocycles. The number of amides is 2. The van der Waals surface area contributed by atoms with Crippen LogP contribution in [0.25, 0.3) is 0 Å². The van der Waals surface area contributed by atoms with Crippen LogP contribution in [0.1, 0.15) is 19.4 Å². The van der Waals surface area contributed by atoms with Gasteiger partial charge in [-0.1, -0.05) is 29.8 Å². The topological polar surface area (TPSA) is 58.2 Å². The van der Waals surface area contributed by atoms with Gasteiger partial charge in [-0.05, 0) is 44.2 Å². The predicted octanol–water partition coefficient (Wildman–Crippen LogP) is 3.76. The van der Waals surface area contributed by atoms with Crippen LogP contribution >= 0.6 is 11.6 Å². The molecule has 0 aliphatic rings. The lowest BCUT2D eigenvalue weighted by atomic mass is 9.90. The maximum absolute atomic E-state index is 13.6. The number of nitrogens with one attached hydrogen (secondary N) is 2. The van der Waals surface area contributed by atoms with Crippen LogP contribution in [0.2, 0.25) is 5.02 Å².